The summed E-state index contributed by atoms with van der Waals surface area (Å²) in [6, 6.07) is 9.75. The molecule has 0 spiro atoms. The van der Waals surface area contributed by atoms with Crippen LogP contribution in [0.4, 0.5) is 11.4 Å². The van der Waals surface area contributed by atoms with Crippen LogP contribution in [0.1, 0.15) is 27.9 Å². The van der Waals surface area contributed by atoms with Gasteiger partial charge in [0.25, 0.3) is 0 Å². The number of hydrogen-bond donors (Lipinski definition) is 1. The first-order valence-electron chi connectivity index (χ1n) is 8.56. The molecule has 0 aliphatic carbocycles. The van der Waals surface area contributed by atoms with Crippen molar-refractivity contribution < 1.29 is 9.90 Å². The highest BCUT2D eigenvalue weighted by atomic mass is 32.1. The summed E-state index contributed by atoms with van der Waals surface area (Å²) in [5.74, 6) is 0.184. The van der Waals surface area contributed by atoms with E-state index >= 15 is 0 Å². The molecule has 2 aromatic carbocycles. The summed E-state index contributed by atoms with van der Waals surface area (Å²) in [5, 5.41) is 11.2. The van der Waals surface area contributed by atoms with Gasteiger partial charge in [-0.05, 0) is 55.3 Å². The first-order valence-corrected chi connectivity index (χ1v) is 9.44. The molecule has 1 N–H and O–H groups in total. The Bertz CT molecular complexity index is 1120. The Hall–Kier alpha value is -2.57. The molecule has 6 heteroatoms. The molecule has 3 heterocycles. The van der Waals surface area contributed by atoms with Gasteiger partial charge in [-0.25, -0.2) is 9.98 Å². The number of fused-ring (bicyclic) bond motifs is 3. The number of thiazole rings is 1. The van der Waals surface area contributed by atoms with Crippen molar-refractivity contribution in [2.45, 2.75) is 25.9 Å². The van der Waals surface area contributed by atoms with Crippen LogP contribution < -0.4 is 4.90 Å². The molecule has 3 aromatic rings. The molecule has 2 aliphatic rings. The fourth-order valence-electron chi connectivity index (χ4n) is 3.76. The zero-order valence-electron chi connectivity index (χ0n) is 14.5. The summed E-state index contributed by atoms with van der Waals surface area (Å²) >= 11 is 1.57. The first kappa shape index (κ1) is 15.7. The Morgan fingerprint density at radius 2 is 2.00 bits per heavy atom. The van der Waals surface area contributed by atoms with E-state index in [9.17, 15) is 9.90 Å². The van der Waals surface area contributed by atoms with Crippen LogP contribution in [0.5, 0.6) is 0 Å². The Labute approximate surface area is 154 Å². The topological polar surface area (TPSA) is 65.8 Å². The Morgan fingerprint density at radius 3 is 2.85 bits per heavy atom. The van der Waals surface area contributed by atoms with Gasteiger partial charge in [-0.3, -0.25) is 4.79 Å². The zero-order chi connectivity index (χ0) is 18.1. The normalized spacial score (nSPS) is 21.7. The molecule has 0 bridgehead atoms. The van der Waals surface area contributed by atoms with Gasteiger partial charge in [-0.2, -0.15) is 0 Å². The fourth-order valence-corrected chi connectivity index (χ4v) is 4.47. The lowest BCUT2D eigenvalue weighted by atomic mass is 9.86. The number of benzene rings is 2. The molecule has 1 saturated heterocycles. The van der Waals surface area contributed by atoms with Gasteiger partial charge < -0.3 is 10.0 Å². The molecule has 1 aromatic heterocycles. The van der Waals surface area contributed by atoms with Crippen molar-refractivity contribution in [1.29, 1.82) is 0 Å². The highest BCUT2D eigenvalue weighted by molar-refractivity contribution is 7.16. The minimum absolute atomic E-state index is 0.248. The second-order valence-electron chi connectivity index (χ2n) is 6.98. The van der Waals surface area contributed by atoms with E-state index in [0.29, 0.717) is 30.1 Å². The van der Waals surface area contributed by atoms with Crippen molar-refractivity contribution in [3.8, 4) is 0 Å². The Balaban J connectivity index is 1.67. The predicted octanol–water partition coefficient (Wildman–Crippen LogP) is 3.78. The number of carbonyl (C=O) groups is 1. The fraction of sp³-hybridized carbons (Fsp3) is 0.250. The molecular weight excluding hydrogens is 346 g/mol. The maximum Gasteiger partial charge on any atom is 0.204 e. The van der Waals surface area contributed by atoms with E-state index in [1.54, 1.807) is 11.3 Å². The minimum Gasteiger partial charge on any atom is -0.374 e. The highest BCUT2D eigenvalue weighted by Gasteiger charge is 2.52. The Morgan fingerprint density at radius 1 is 1.19 bits per heavy atom. The molecule has 0 radical (unpaired) electrons. The molecule has 130 valence electrons. The van der Waals surface area contributed by atoms with E-state index in [-0.39, 0.29) is 5.78 Å². The van der Waals surface area contributed by atoms with Crippen LogP contribution in [0.2, 0.25) is 0 Å². The monoisotopic (exact) mass is 363 g/mol. The molecule has 2 aliphatic heterocycles. The third-order valence-electron chi connectivity index (χ3n) is 5.41. The van der Waals surface area contributed by atoms with Gasteiger partial charge in [0.15, 0.2) is 5.60 Å². The van der Waals surface area contributed by atoms with E-state index in [1.807, 2.05) is 54.6 Å². The van der Waals surface area contributed by atoms with E-state index in [0.717, 1.165) is 27.0 Å². The number of aromatic nitrogens is 1. The molecule has 0 saturated carbocycles. The molecule has 1 fully saturated rings. The van der Waals surface area contributed by atoms with Gasteiger partial charge in [0, 0.05) is 24.2 Å². The lowest BCUT2D eigenvalue weighted by molar-refractivity contribution is 0.0602. The quantitative estimate of drug-likeness (QED) is 0.714. The van der Waals surface area contributed by atoms with Crippen LogP contribution in [0.25, 0.3) is 10.2 Å². The highest BCUT2D eigenvalue weighted by Crippen LogP contribution is 2.40. The first-order chi connectivity index (χ1) is 12.5. The molecule has 5 nitrogen and oxygen atoms in total. The number of rotatable bonds is 1. The van der Waals surface area contributed by atoms with Crippen LogP contribution >= 0.6 is 11.3 Å². The number of carbonyl (C=O) groups excluding carboxylic acids is 1. The summed E-state index contributed by atoms with van der Waals surface area (Å²) in [6.07, 6.45) is 0.345. The number of anilines is 1. The summed E-state index contributed by atoms with van der Waals surface area (Å²) < 4.78 is 1.08. The maximum atomic E-state index is 13.1. The van der Waals surface area contributed by atoms with Gasteiger partial charge in [0.05, 0.1) is 21.4 Å². The van der Waals surface area contributed by atoms with E-state index < -0.39 is 5.60 Å². The molecule has 1 atom stereocenters. The van der Waals surface area contributed by atoms with E-state index in [4.69, 9.17) is 4.99 Å². The molecule has 1 unspecified atom stereocenters. The minimum atomic E-state index is -1.54. The average Bonchev–Trinajstić information content (AvgIpc) is 3.22. The smallest absolute Gasteiger partial charge is 0.204 e. The third-order valence-corrected chi connectivity index (χ3v) is 6.20. The predicted molar refractivity (Wildman–Crippen MR) is 104 cm³/mol. The Kier molecular flexibility index (Phi) is 3.14. The van der Waals surface area contributed by atoms with Gasteiger partial charge in [-0.1, -0.05) is 0 Å². The summed E-state index contributed by atoms with van der Waals surface area (Å²) in [7, 11) is 0. The summed E-state index contributed by atoms with van der Waals surface area (Å²) in [4.78, 5) is 24.0. The number of Topliss-reactive ketones (excluding diaryl/α,β-unsaturated/α-hetero) is 1. The molecule has 5 rings (SSSR count). The van der Waals surface area contributed by atoms with Crippen LogP contribution in [-0.4, -0.2) is 33.9 Å². The van der Waals surface area contributed by atoms with Crippen molar-refractivity contribution in [3.63, 3.8) is 0 Å². The maximum absolute atomic E-state index is 13.1. The largest absolute Gasteiger partial charge is 0.374 e. The SMILES string of the molecule is Cc1cc2c(cc1C)C(=O)C1(O)CCN(c3ccc4ncsc4c3)C1=N2. The van der Waals surface area contributed by atoms with Gasteiger partial charge in [0.2, 0.25) is 5.78 Å². The number of aryl methyl sites for hydroxylation is 2. The lowest BCUT2D eigenvalue weighted by Gasteiger charge is -2.30. The van der Waals surface area contributed by atoms with Gasteiger partial charge in [-0.15, -0.1) is 11.3 Å². The van der Waals surface area contributed by atoms with E-state index in [2.05, 4.69) is 4.98 Å². The third kappa shape index (κ3) is 2.03. The van der Waals surface area contributed by atoms with Crippen molar-refractivity contribution in [3.05, 3.63) is 52.5 Å². The van der Waals surface area contributed by atoms with Crippen molar-refractivity contribution in [2.75, 3.05) is 11.4 Å². The average molecular weight is 363 g/mol. The zero-order valence-corrected chi connectivity index (χ0v) is 15.3. The second-order valence-corrected chi connectivity index (χ2v) is 7.87. The number of aliphatic hydroxyl groups is 1. The summed E-state index contributed by atoms with van der Waals surface area (Å²) in [6.45, 7) is 4.53. The van der Waals surface area contributed by atoms with E-state index in [1.165, 1.54) is 0 Å². The molecule has 0 amide bonds. The number of nitrogens with zero attached hydrogens (tertiary/aromatic N) is 3. The lowest BCUT2D eigenvalue weighted by Crippen LogP contribution is -2.48. The molecular formula is C20H17N3O2S. The van der Waals surface area contributed by atoms with Crippen LogP contribution in [-0.2, 0) is 0 Å². The van der Waals surface area contributed by atoms with Gasteiger partial charge in [0.1, 0.15) is 5.84 Å². The number of hydrogen-bond acceptors (Lipinski definition) is 6. The van der Waals surface area contributed by atoms with Crippen molar-refractivity contribution in [2.24, 2.45) is 4.99 Å². The van der Waals surface area contributed by atoms with Gasteiger partial charge >= 0.3 is 0 Å². The standard InChI is InChI=1S/C20H17N3O2S/c1-11-7-14-16(8-12(11)2)22-19-20(25,18(14)24)5-6-23(19)13-3-4-15-17(9-13)26-10-21-15/h3-4,7-10,25H,5-6H2,1-2H3. The van der Waals surface area contributed by atoms with Crippen LogP contribution in [0, 0.1) is 13.8 Å². The number of aliphatic imine (C=N–C) groups is 1. The number of amidine groups is 1. The molecule has 26 heavy (non-hydrogen) atoms. The second kappa shape index (κ2) is 5.22. The van der Waals surface area contributed by atoms with Crippen molar-refractivity contribution in [1.82, 2.24) is 4.98 Å². The summed E-state index contributed by atoms with van der Waals surface area (Å²) in [5.41, 5.74) is 5.42. The van der Waals surface area contributed by atoms with Crippen LogP contribution in [0.3, 0.4) is 0 Å². The number of ketones is 1. The van der Waals surface area contributed by atoms with Crippen molar-refractivity contribution >= 4 is 44.5 Å². The van der Waals surface area contributed by atoms with Crippen LogP contribution in [0.15, 0.2) is 40.8 Å².